The van der Waals surface area contributed by atoms with Crippen LogP contribution in [-0.2, 0) is 4.79 Å². The number of carboxylic acids is 1. The monoisotopic (exact) mass is 438 g/mol. The highest BCUT2D eigenvalue weighted by atomic mass is 16.4. The predicted octanol–water partition coefficient (Wildman–Crippen LogP) is 5.00. The molecule has 1 aliphatic heterocycles. The third kappa shape index (κ3) is 13.3. The summed E-state index contributed by atoms with van der Waals surface area (Å²) in [4.78, 5) is 15.9. The van der Waals surface area contributed by atoms with E-state index >= 15 is 0 Å². The van der Waals surface area contributed by atoms with Crippen molar-refractivity contribution in [3.05, 3.63) is 0 Å². The van der Waals surface area contributed by atoms with Gasteiger partial charge in [0.2, 0.25) is 0 Å². The number of unbranched alkanes of at least 4 members (excludes halogenated alkanes) is 15. The molecule has 1 heterocycles. The van der Waals surface area contributed by atoms with Gasteiger partial charge in [0.05, 0.1) is 19.1 Å². The van der Waals surface area contributed by atoms with Crippen LogP contribution in [0.3, 0.4) is 0 Å². The van der Waals surface area contributed by atoms with Crippen LogP contribution in [0.1, 0.15) is 122 Å². The standard InChI is InChI=1S/C26H50N2O3/c1-2-3-4-5-6-7-8-9-10-11-12-13-14-15-16-17-19-25-27-20-22-28(25,21-18-23-29)24-26(30)31/h29H,2-24H2,1H3. The molecule has 0 radical (unpaired) electrons. The molecule has 0 fully saturated rings. The second-order valence-corrected chi connectivity index (χ2v) is 9.55. The molecule has 0 spiro atoms. The van der Waals surface area contributed by atoms with Gasteiger partial charge in [-0.2, -0.15) is 0 Å². The fourth-order valence-electron chi connectivity index (χ4n) is 4.91. The van der Waals surface area contributed by atoms with E-state index in [4.69, 9.17) is 0 Å². The Balaban J connectivity index is 1.99. The molecule has 5 heteroatoms. The number of carbonyl (C=O) groups excluding carboxylic acids is 1. The normalized spacial score (nSPS) is 18.5. The molecule has 1 N–H and O–H groups in total. The number of carboxylic acid groups (broad SMARTS) is 1. The number of aliphatic imine (C=N–C) groups is 1. The van der Waals surface area contributed by atoms with Crippen molar-refractivity contribution in [3.8, 4) is 0 Å². The van der Waals surface area contributed by atoms with Crippen molar-refractivity contribution in [3.63, 3.8) is 0 Å². The van der Waals surface area contributed by atoms with Gasteiger partial charge in [-0.15, -0.1) is 0 Å². The second-order valence-electron chi connectivity index (χ2n) is 9.55. The number of hydrogen-bond donors (Lipinski definition) is 1. The maximum absolute atomic E-state index is 11.2. The molecule has 0 aromatic heterocycles. The van der Waals surface area contributed by atoms with Crippen molar-refractivity contribution in [2.75, 3.05) is 32.8 Å². The maximum atomic E-state index is 11.2. The van der Waals surface area contributed by atoms with Crippen molar-refractivity contribution in [2.24, 2.45) is 4.99 Å². The van der Waals surface area contributed by atoms with E-state index in [9.17, 15) is 15.0 Å². The van der Waals surface area contributed by atoms with Crippen molar-refractivity contribution >= 4 is 11.8 Å². The summed E-state index contributed by atoms with van der Waals surface area (Å²) in [5.74, 6) is 0.00234. The number of aliphatic carboxylic acids is 1. The lowest BCUT2D eigenvalue weighted by Gasteiger charge is -2.35. The molecule has 31 heavy (non-hydrogen) atoms. The Labute approximate surface area is 191 Å². The first kappa shape index (κ1) is 28.1. The summed E-state index contributed by atoms with van der Waals surface area (Å²) in [5.41, 5.74) is 0. The van der Waals surface area contributed by atoms with E-state index in [0.717, 1.165) is 25.2 Å². The molecule has 0 saturated heterocycles. The minimum absolute atomic E-state index is 0.00229. The largest absolute Gasteiger partial charge is 0.544 e. The Bertz CT molecular complexity index is 481. The van der Waals surface area contributed by atoms with Gasteiger partial charge in [-0.1, -0.05) is 103 Å². The quantitative estimate of drug-likeness (QED) is 0.191. The number of quaternary nitrogens is 1. The van der Waals surface area contributed by atoms with E-state index in [1.54, 1.807) is 0 Å². The Morgan fingerprint density at radius 2 is 1.32 bits per heavy atom. The molecule has 1 aliphatic rings. The molecular weight excluding hydrogens is 388 g/mol. The minimum Gasteiger partial charge on any atom is -0.544 e. The molecule has 1 atom stereocenters. The molecule has 0 amide bonds. The van der Waals surface area contributed by atoms with Crippen LogP contribution in [0.25, 0.3) is 0 Å². The van der Waals surface area contributed by atoms with Crippen LogP contribution in [0, 0.1) is 0 Å². The maximum Gasteiger partial charge on any atom is 0.198 e. The van der Waals surface area contributed by atoms with Crippen LogP contribution >= 0.6 is 0 Å². The van der Waals surface area contributed by atoms with E-state index in [1.807, 2.05) is 0 Å². The van der Waals surface area contributed by atoms with E-state index in [2.05, 4.69) is 11.9 Å². The van der Waals surface area contributed by atoms with Gasteiger partial charge in [0.25, 0.3) is 0 Å². The Morgan fingerprint density at radius 3 is 1.77 bits per heavy atom. The van der Waals surface area contributed by atoms with Crippen LogP contribution in [0.4, 0.5) is 0 Å². The SMILES string of the molecule is CCCCCCCCCCCCCCCCCCC1=NCC[N+]1(CCCO)CC(=O)[O-]. The first-order valence-corrected chi connectivity index (χ1v) is 13.4. The van der Waals surface area contributed by atoms with Crippen molar-refractivity contribution < 1.29 is 19.5 Å². The van der Waals surface area contributed by atoms with Crippen molar-refractivity contribution in [2.45, 2.75) is 122 Å². The van der Waals surface area contributed by atoms with Gasteiger partial charge in [-0.25, -0.2) is 4.99 Å². The lowest BCUT2D eigenvalue weighted by molar-refractivity contribution is -0.831. The second kappa shape index (κ2) is 18.6. The summed E-state index contributed by atoms with van der Waals surface area (Å²) in [6, 6.07) is 0. The number of aliphatic hydroxyl groups excluding tert-OH is 1. The number of nitrogens with zero attached hydrogens (tertiary/aromatic N) is 2. The highest BCUT2D eigenvalue weighted by Gasteiger charge is 2.37. The van der Waals surface area contributed by atoms with E-state index in [0.29, 0.717) is 24.0 Å². The predicted molar refractivity (Wildman–Crippen MR) is 128 cm³/mol. The van der Waals surface area contributed by atoms with Crippen molar-refractivity contribution in [1.29, 1.82) is 0 Å². The van der Waals surface area contributed by atoms with Gasteiger partial charge in [0.15, 0.2) is 5.84 Å². The Kier molecular flexibility index (Phi) is 16.9. The smallest absolute Gasteiger partial charge is 0.198 e. The summed E-state index contributed by atoms with van der Waals surface area (Å²) in [5, 5.41) is 20.4. The highest BCUT2D eigenvalue weighted by Crippen LogP contribution is 2.21. The van der Waals surface area contributed by atoms with Crippen LogP contribution in [0.5, 0.6) is 0 Å². The topological polar surface area (TPSA) is 72.7 Å². The van der Waals surface area contributed by atoms with Crippen LogP contribution < -0.4 is 5.11 Å². The molecule has 182 valence electrons. The number of carbonyl (C=O) groups is 1. The van der Waals surface area contributed by atoms with E-state index in [-0.39, 0.29) is 13.2 Å². The summed E-state index contributed by atoms with van der Waals surface area (Å²) in [6.07, 6.45) is 23.2. The fraction of sp³-hybridized carbons (Fsp3) is 0.923. The summed E-state index contributed by atoms with van der Waals surface area (Å²) >= 11 is 0. The molecule has 5 nitrogen and oxygen atoms in total. The molecule has 0 aliphatic carbocycles. The van der Waals surface area contributed by atoms with Gasteiger partial charge < -0.3 is 15.0 Å². The molecule has 1 rings (SSSR count). The first-order valence-electron chi connectivity index (χ1n) is 13.4. The van der Waals surface area contributed by atoms with E-state index < -0.39 is 5.97 Å². The van der Waals surface area contributed by atoms with Gasteiger partial charge in [-0.05, 0) is 6.42 Å². The van der Waals surface area contributed by atoms with Crippen molar-refractivity contribution in [1.82, 2.24) is 0 Å². The molecular formula is C26H50N2O3. The molecule has 1 unspecified atom stereocenters. The van der Waals surface area contributed by atoms with Crippen LogP contribution in [0.15, 0.2) is 4.99 Å². The number of amidine groups is 1. The van der Waals surface area contributed by atoms with Gasteiger partial charge in [0, 0.05) is 19.4 Å². The Morgan fingerprint density at radius 1 is 0.839 bits per heavy atom. The molecule has 0 aromatic carbocycles. The average Bonchev–Trinajstić information content (AvgIpc) is 3.13. The lowest BCUT2D eigenvalue weighted by atomic mass is 10.0. The third-order valence-corrected chi connectivity index (χ3v) is 6.80. The molecule has 0 bridgehead atoms. The van der Waals surface area contributed by atoms with Gasteiger partial charge >= 0.3 is 0 Å². The summed E-state index contributed by atoms with van der Waals surface area (Å²) in [7, 11) is 0. The number of hydrogen-bond acceptors (Lipinski definition) is 4. The number of aliphatic hydroxyl groups is 1. The minimum atomic E-state index is -1.01. The van der Waals surface area contributed by atoms with Gasteiger partial charge in [-0.3, -0.25) is 4.48 Å². The third-order valence-electron chi connectivity index (χ3n) is 6.80. The number of rotatable bonds is 22. The zero-order valence-corrected chi connectivity index (χ0v) is 20.4. The zero-order valence-electron chi connectivity index (χ0n) is 20.4. The van der Waals surface area contributed by atoms with Crippen LogP contribution in [-0.4, -0.2) is 54.2 Å². The molecule has 0 aromatic rings. The lowest BCUT2D eigenvalue weighted by Crippen LogP contribution is -2.57. The van der Waals surface area contributed by atoms with Crippen LogP contribution in [0.2, 0.25) is 0 Å². The summed E-state index contributed by atoms with van der Waals surface area (Å²) < 4.78 is 0.404. The molecule has 0 saturated carbocycles. The van der Waals surface area contributed by atoms with Gasteiger partial charge in [0.1, 0.15) is 13.1 Å². The highest BCUT2D eigenvalue weighted by molar-refractivity contribution is 5.79. The summed E-state index contributed by atoms with van der Waals surface area (Å²) in [6.45, 7) is 4.47. The van der Waals surface area contributed by atoms with E-state index in [1.165, 1.54) is 96.3 Å². The average molecular weight is 439 g/mol. The Hall–Kier alpha value is -0.940. The fourth-order valence-corrected chi connectivity index (χ4v) is 4.91. The zero-order chi connectivity index (χ0) is 22.6. The first-order chi connectivity index (χ1) is 15.1.